The topological polar surface area (TPSA) is 73.8 Å². The quantitative estimate of drug-likeness (QED) is 0.822. The fraction of sp³-hybridized carbons (Fsp3) is 0.364. The molecule has 1 aliphatic heterocycles. The van der Waals surface area contributed by atoms with Crippen molar-refractivity contribution in [2.75, 3.05) is 31.9 Å². The summed E-state index contributed by atoms with van der Waals surface area (Å²) in [6.07, 6.45) is 0. The minimum absolute atomic E-state index is 0.527. The number of para-hydroxylation sites is 1. The summed E-state index contributed by atoms with van der Waals surface area (Å²) in [6.45, 7) is 1.49. The van der Waals surface area contributed by atoms with E-state index in [-0.39, 0.29) is 0 Å². The van der Waals surface area contributed by atoms with Crippen LogP contribution in [0.25, 0.3) is 0 Å². The molecule has 0 saturated heterocycles. The number of hydrogen-bond donors (Lipinski definition) is 2. The Morgan fingerprint density at radius 3 is 2.67 bits per heavy atom. The van der Waals surface area contributed by atoms with Gasteiger partial charge in [-0.2, -0.15) is 12.7 Å². The van der Waals surface area contributed by atoms with Gasteiger partial charge in [-0.05, 0) is 12.1 Å². The molecule has 7 heteroatoms. The molecule has 2 rings (SSSR count). The van der Waals surface area contributed by atoms with Crippen LogP contribution in [-0.4, -0.2) is 45.7 Å². The molecule has 0 bridgehead atoms. The molecule has 0 amide bonds. The second kappa shape index (κ2) is 4.95. The van der Waals surface area contributed by atoms with E-state index in [9.17, 15) is 8.42 Å². The Bertz CT molecular complexity index is 566. The van der Waals surface area contributed by atoms with Crippen molar-refractivity contribution in [3.8, 4) is 0 Å². The lowest BCUT2D eigenvalue weighted by Gasteiger charge is -2.16. The van der Waals surface area contributed by atoms with Gasteiger partial charge >= 0.3 is 10.2 Å². The summed E-state index contributed by atoms with van der Waals surface area (Å²) < 4.78 is 27.3. The van der Waals surface area contributed by atoms with Crippen LogP contribution in [0.1, 0.15) is 5.56 Å². The van der Waals surface area contributed by atoms with Crippen LogP contribution in [0.2, 0.25) is 0 Å². The highest BCUT2D eigenvalue weighted by Crippen LogP contribution is 2.18. The third kappa shape index (κ3) is 2.62. The Morgan fingerprint density at radius 2 is 2.06 bits per heavy atom. The smallest absolute Gasteiger partial charge is 0.301 e. The average Bonchev–Trinajstić information content (AvgIpc) is 2.82. The molecule has 0 radical (unpaired) electrons. The summed E-state index contributed by atoms with van der Waals surface area (Å²) in [5.41, 5.74) is 1.29. The van der Waals surface area contributed by atoms with Crippen LogP contribution >= 0.6 is 0 Å². The zero-order chi connectivity index (χ0) is 13.2. The van der Waals surface area contributed by atoms with E-state index in [1.807, 2.05) is 12.1 Å². The SMILES string of the molecule is CN(C)S(=O)(=O)Nc1ccccc1C1=NCCN1. The Balaban J connectivity index is 2.34. The third-order valence-electron chi connectivity index (χ3n) is 2.58. The number of aliphatic imine (C=N–C) groups is 1. The summed E-state index contributed by atoms with van der Waals surface area (Å²) in [7, 11) is -0.538. The van der Waals surface area contributed by atoms with Crippen LogP contribution in [-0.2, 0) is 10.2 Å². The van der Waals surface area contributed by atoms with Gasteiger partial charge in [-0.1, -0.05) is 12.1 Å². The molecule has 1 aromatic carbocycles. The number of amidine groups is 1. The van der Waals surface area contributed by atoms with Crippen LogP contribution in [0, 0.1) is 0 Å². The van der Waals surface area contributed by atoms with Crippen LogP contribution in [0.4, 0.5) is 5.69 Å². The third-order valence-corrected chi connectivity index (χ3v) is 4.02. The summed E-state index contributed by atoms with van der Waals surface area (Å²) in [4.78, 5) is 4.30. The Hall–Kier alpha value is -1.60. The molecule has 1 heterocycles. The van der Waals surface area contributed by atoms with Gasteiger partial charge in [0.05, 0.1) is 12.2 Å². The standard InChI is InChI=1S/C11H16N4O2S/c1-15(2)18(16,17)14-10-6-4-3-5-9(10)11-12-7-8-13-11/h3-6,14H,7-8H2,1-2H3,(H,12,13). The van der Waals surface area contributed by atoms with E-state index in [1.165, 1.54) is 14.1 Å². The van der Waals surface area contributed by atoms with Gasteiger partial charge < -0.3 is 5.32 Å². The molecule has 18 heavy (non-hydrogen) atoms. The predicted molar refractivity (Wildman–Crippen MR) is 72.1 cm³/mol. The first kappa shape index (κ1) is 12.8. The second-order valence-corrected chi connectivity index (χ2v) is 5.98. The largest absolute Gasteiger partial charge is 0.368 e. The van der Waals surface area contributed by atoms with E-state index < -0.39 is 10.2 Å². The van der Waals surface area contributed by atoms with Gasteiger partial charge in [-0.3, -0.25) is 9.71 Å². The maximum Gasteiger partial charge on any atom is 0.301 e. The molecule has 0 spiro atoms. The van der Waals surface area contributed by atoms with Crippen molar-refractivity contribution >= 4 is 21.7 Å². The van der Waals surface area contributed by atoms with Gasteiger partial charge in [-0.15, -0.1) is 0 Å². The lowest BCUT2D eigenvalue weighted by atomic mass is 10.1. The maximum atomic E-state index is 11.8. The maximum absolute atomic E-state index is 11.8. The first-order chi connectivity index (χ1) is 8.50. The molecule has 98 valence electrons. The highest BCUT2D eigenvalue weighted by molar-refractivity contribution is 7.90. The molecule has 1 aromatic rings. The van der Waals surface area contributed by atoms with Gasteiger partial charge in [0.25, 0.3) is 0 Å². The summed E-state index contributed by atoms with van der Waals surface area (Å²) in [5.74, 6) is 0.729. The Morgan fingerprint density at radius 1 is 1.33 bits per heavy atom. The second-order valence-electron chi connectivity index (χ2n) is 4.09. The van der Waals surface area contributed by atoms with E-state index in [2.05, 4.69) is 15.0 Å². The van der Waals surface area contributed by atoms with Crippen molar-refractivity contribution < 1.29 is 8.42 Å². The molecule has 1 aliphatic rings. The van der Waals surface area contributed by atoms with Crippen LogP contribution < -0.4 is 10.0 Å². The molecule has 2 N–H and O–H groups in total. The normalized spacial score (nSPS) is 15.4. The fourth-order valence-electron chi connectivity index (χ4n) is 1.59. The molecule has 0 aromatic heterocycles. The van der Waals surface area contributed by atoms with Crippen LogP contribution in [0.5, 0.6) is 0 Å². The van der Waals surface area contributed by atoms with E-state index in [1.54, 1.807) is 12.1 Å². The van der Waals surface area contributed by atoms with E-state index in [0.29, 0.717) is 12.2 Å². The van der Waals surface area contributed by atoms with Crippen molar-refractivity contribution in [1.29, 1.82) is 0 Å². The molecule has 0 fully saturated rings. The monoisotopic (exact) mass is 268 g/mol. The van der Waals surface area contributed by atoms with Gasteiger partial charge in [0.2, 0.25) is 0 Å². The number of nitrogens with zero attached hydrogens (tertiary/aromatic N) is 2. The number of benzene rings is 1. The zero-order valence-electron chi connectivity index (χ0n) is 10.3. The van der Waals surface area contributed by atoms with Crippen molar-refractivity contribution in [3.05, 3.63) is 29.8 Å². The minimum Gasteiger partial charge on any atom is -0.368 e. The van der Waals surface area contributed by atoms with Gasteiger partial charge in [-0.25, -0.2) is 0 Å². The summed E-state index contributed by atoms with van der Waals surface area (Å²) >= 11 is 0. The Kier molecular flexibility index (Phi) is 3.53. The number of rotatable bonds is 4. The molecule has 0 unspecified atom stereocenters. The van der Waals surface area contributed by atoms with Gasteiger partial charge in [0.15, 0.2) is 0 Å². The molecule has 6 nitrogen and oxygen atoms in total. The highest BCUT2D eigenvalue weighted by Gasteiger charge is 2.18. The van der Waals surface area contributed by atoms with Crippen molar-refractivity contribution in [2.24, 2.45) is 4.99 Å². The van der Waals surface area contributed by atoms with Gasteiger partial charge in [0.1, 0.15) is 5.84 Å². The number of hydrogen-bond acceptors (Lipinski definition) is 4. The van der Waals surface area contributed by atoms with Gasteiger partial charge in [0, 0.05) is 26.2 Å². The zero-order valence-corrected chi connectivity index (χ0v) is 11.2. The van der Waals surface area contributed by atoms with Crippen molar-refractivity contribution in [2.45, 2.75) is 0 Å². The summed E-state index contributed by atoms with van der Waals surface area (Å²) in [5, 5.41) is 3.13. The van der Waals surface area contributed by atoms with E-state index in [4.69, 9.17) is 0 Å². The first-order valence-corrected chi connectivity index (χ1v) is 7.03. The lowest BCUT2D eigenvalue weighted by Crippen LogP contribution is -2.30. The van der Waals surface area contributed by atoms with Crippen LogP contribution in [0.15, 0.2) is 29.3 Å². The van der Waals surface area contributed by atoms with Crippen molar-refractivity contribution in [3.63, 3.8) is 0 Å². The predicted octanol–water partition coefficient (Wildman–Crippen LogP) is 0.255. The van der Waals surface area contributed by atoms with E-state index >= 15 is 0 Å². The molecule has 0 aliphatic carbocycles. The molecule has 0 saturated carbocycles. The minimum atomic E-state index is -3.50. The summed E-state index contributed by atoms with van der Waals surface area (Å²) in [6, 6.07) is 7.20. The molecular weight excluding hydrogens is 252 g/mol. The molecule has 0 atom stereocenters. The Labute approximate surface area is 107 Å². The van der Waals surface area contributed by atoms with Crippen LogP contribution in [0.3, 0.4) is 0 Å². The highest BCUT2D eigenvalue weighted by atomic mass is 32.2. The fourth-order valence-corrected chi connectivity index (χ4v) is 2.23. The average molecular weight is 268 g/mol. The van der Waals surface area contributed by atoms with E-state index in [0.717, 1.165) is 22.2 Å². The lowest BCUT2D eigenvalue weighted by molar-refractivity contribution is 0.527. The first-order valence-electron chi connectivity index (χ1n) is 5.59. The number of anilines is 1. The van der Waals surface area contributed by atoms with Crippen molar-refractivity contribution in [1.82, 2.24) is 9.62 Å². The molecular formula is C11H16N4O2S. The number of nitrogens with one attached hydrogen (secondary N) is 2.